The lowest BCUT2D eigenvalue weighted by atomic mass is 9.93. The fraction of sp³-hybridized carbons (Fsp3) is 0.364. The molecule has 0 spiro atoms. The summed E-state index contributed by atoms with van der Waals surface area (Å²) in [4.78, 5) is -0.672. The number of hydrogen-bond donors (Lipinski definition) is 3. The molecule has 0 aliphatic rings. The third kappa shape index (κ3) is 3.64. The van der Waals surface area contributed by atoms with Crippen LogP contribution in [0.15, 0.2) is 28.3 Å². The summed E-state index contributed by atoms with van der Waals surface area (Å²) in [6.45, 7) is 2.85. The molecule has 1 rings (SSSR count). The molecule has 1 aromatic rings. The van der Waals surface area contributed by atoms with Crippen LogP contribution >= 0.6 is 0 Å². The molecule has 0 aromatic heterocycles. The van der Waals surface area contributed by atoms with Crippen LogP contribution in [0.5, 0.6) is 0 Å². The molecule has 6 nitrogen and oxygen atoms in total. The lowest BCUT2D eigenvalue weighted by Crippen LogP contribution is -2.42. The Bertz CT molecular complexity index is 630. The summed E-state index contributed by atoms with van der Waals surface area (Å²) in [5, 5.41) is 11.4. The van der Waals surface area contributed by atoms with Crippen molar-refractivity contribution in [2.45, 2.75) is 18.7 Å². The van der Waals surface area contributed by atoms with Crippen LogP contribution in [-0.2, 0) is 10.0 Å². The summed E-state index contributed by atoms with van der Waals surface area (Å²) in [5.41, 5.74) is 4.44. The maximum atomic E-state index is 13.4. The third-order valence-electron chi connectivity index (χ3n) is 2.69. The Labute approximate surface area is 115 Å². The Morgan fingerprint density at radius 3 is 2.55 bits per heavy atom. The number of nitrogens with zero attached hydrogens (tertiary/aromatic N) is 1. The Hall–Kier alpha value is -1.74. The molecule has 0 heterocycles. The standard InChI is InChI=1S/C11H15F2N3O3S/c1-11(2,10(14)16-17)6-15-20(18,19)9-4-3-7(12)5-8(9)13/h3-5,15,17H,6H2,1-2H3,(H2,14,16). The van der Waals surface area contributed by atoms with Gasteiger partial charge in [0.2, 0.25) is 10.0 Å². The number of nitrogens with one attached hydrogen (secondary N) is 1. The minimum absolute atomic E-state index is 0.181. The summed E-state index contributed by atoms with van der Waals surface area (Å²) in [6, 6.07) is 2.14. The predicted octanol–water partition coefficient (Wildman–Crippen LogP) is 1.02. The molecule has 0 unspecified atom stereocenters. The first kappa shape index (κ1) is 16.3. The maximum Gasteiger partial charge on any atom is 0.243 e. The molecule has 4 N–H and O–H groups in total. The Kier molecular flexibility index (Phi) is 4.66. The highest BCUT2D eigenvalue weighted by atomic mass is 32.2. The molecular weight excluding hydrogens is 292 g/mol. The maximum absolute atomic E-state index is 13.4. The molecule has 0 fully saturated rings. The summed E-state index contributed by atoms with van der Waals surface area (Å²) in [5.74, 6) is -2.25. The second-order valence-corrected chi connectivity index (χ2v) is 6.50. The molecular formula is C11H15F2N3O3S. The zero-order chi connectivity index (χ0) is 15.6. The zero-order valence-electron chi connectivity index (χ0n) is 10.9. The summed E-state index contributed by atoms with van der Waals surface area (Å²) in [7, 11) is -4.17. The second-order valence-electron chi connectivity index (χ2n) is 4.77. The van der Waals surface area contributed by atoms with Crippen LogP contribution in [0, 0.1) is 17.0 Å². The zero-order valence-corrected chi connectivity index (χ0v) is 11.7. The summed E-state index contributed by atoms with van der Waals surface area (Å²) < 4.78 is 52.1. The highest BCUT2D eigenvalue weighted by molar-refractivity contribution is 7.89. The van der Waals surface area contributed by atoms with Crippen LogP contribution in [0.2, 0.25) is 0 Å². The Morgan fingerprint density at radius 2 is 2.05 bits per heavy atom. The largest absolute Gasteiger partial charge is 0.409 e. The minimum Gasteiger partial charge on any atom is -0.409 e. The molecule has 112 valence electrons. The van der Waals surface area contributed by atoms with Crippen molar-refractivity contribution in [3.63, 3.8) is 0 Å². The first-order chi connectivity index (χ1) is 9.10. The van der Waals surface area contributed by atoms with Crippen molar-refractivity contribution in [1.82, 2.24) is 4.72 Å². The smallest absolute Gasteiger partial charge is 0.243 e. The number of nitrogens with two attached hydrogens (primary N) is 1. The van der Waals surface area contributed by atoms with E-state index in [9.17, 15) is 17.2 Å². The van der Waals surface area contributed by atoms with Crippen molar-refractivity contribution >= 4 is 15.9 Å². The first-order valence-electron chi connectivity index (χ1n) is 5.53. The summed E-state index contributed by atoms with van der Waals surface area (Å²) in [6.07, 6.45) is 0. The molecule has 20 heavy (non-hydrogen) atoms. The highest BCUT2D eigenvalue weighted by Crippen LogP contribution is 2.18. The van der Waals surface area contributed by atoms with E-state index in [-0.39, 0.29) is 12.4 Å². The average molecular weight is 307 g/mol. The van der Waals surface area contributed by atoms with E-state index in [0.717, 1.165) is 12.1 Å². The van der Waals surface area contributed by atoms with Gasteiger partial charge in [-0.05, 0) is 12.1 Å². The van der Waals surface area contributed by atoms with Gasteiger partial charge in [0, 0.05) is 18.0 Å². The predicted molar refractivity (Wildman–Crippen MR) is 68.7 cm³/mol. The molecule has 0 radical (unpaired) electrons. The molecule has 0 aliphatic heterocycles. The molecule has 0 bridgehead atoms. The number of rotatable bonds is 5. The van der Waals surface area contributed by atoms with E-state index in [1.54, 1.807) is 0 Å². The van der Waals surface area contributed by atoms with Gasteiger partial charge in [0.25, 0.3) is 0 Å². The van der Waals surface area contributed by atoms with Crippen molar-refractivity contribution in [2.75, 3.05) is 6.54 Å². The quantitative estimate of drug-likeness (QED) is 0.327. The van der Waals surface area contributed by atoms with Gasteiger partial charge in [0.1, 0.15) is 22.4 Å². The topological polar surface area (TPSA) is 105 Å². The van der Waals surface area contributed by atoms with Gasteiger partial charge in [-0.15, -0.1) is 0 Å². The molecule has 0 atom stereocenters. The molecule has 9 heteroatoms. The van der Waals surface area contributed by atoms with Crippen LogP contribution in [0.25, 0.3) is 0 Å². The van der Waals surface area contributed by atoms with Crippen molar-refractivity contribution in [2.24, 2.45) is 16.3 Å². The van der Waals surface area contributed by atoms with Crippen LogP contribution < -0.4 is 10.5 Å². The van der Waals surface area contributed by atoms with Gasteiger partial charge >= 0.3 is 0 Å². The van der Waals surface area contributed by atoms with Crippen molar-refractivity contribution in [1.29, 1.82) is 0 Å². The number of oxime groups is 1. The van der Waals surface area contributed by atoms with E-state index in [0.29, 0.717) is 6.07 Å². The van der Waals surface area contributed by atoms with E-state index >= 15 is 0 Å². The molecule has 0 saturated heterocycles. The fourth-order valence-electron chi connectivity index (χ4n) is 1.27. The van der Waals surface area contributed by atoms with Crippen molar-refractivity contribution in [3.8, 4) is 0 Å². The minimum atomic E-state index is -4.17. The van der Waals surface area contributed by atoms with Crippen molar-refractivity contribution in [3.05, 3.63) is 29.8 Å². The Morgan fingerprint density at radius 1 is 1.45 bits per heavy atom. The van der Waals surface area contributed by atoms with E-state index in [2.05, 4.69) is 9.88 Å². The monoisotopic (exact) mass is 307 g/mol. The molecule has 0 amide bonds. The number of benzene rings is 1. The fourth-order valence-corrected chi connectivity index (χ4v) is 2.54. The highest BCUT2D eigenvalue weighted by Gasteiger charge is 2.27. The lowest BCUT2D eigenvalue weighted by Gasteiger charge is -2.23. The number of amidine groups is 1. The van der Waals surface area contributed by atoms with Gasteiger partial charge in [-0.25, -0.2) is 21.9 Å². The van der Waals surface area contributed by atoms with Gasteiger partial charge in [0.15, 0.2) is 0 Å². The summed E-state index contributed by atoms with van der Waals surface area (Å²) >= 11 is 0. The van der Waals surface area contributed by atoms with Crippen LogP contribution in [0.4, 0.5) is 8.78 Å². The molecule has 0 aliphatic carbocycles. The van der Waals surface area contributed by atoms with Crippen molar-refractivity contribution < 1.29 is 22.4 Å². The normalized spacial score (nSPS) is 13.5. The number of sulfonamides is 1. The SMILES string of the molecule is CC(C)(CNS(=O)(=O)c1ccc(F)cc1F)/C(N)=N/O. The first-order valence-corrected chi connectivity index (χ1v) is 7.01. The van der Waals surface area contributed by atoms with E-state index in [1.807, 2.05) is 0 Å². The van der Waals surface area contributed by atoms with E-state index < -0.39 is 32.0 Å². The van der Waals surface area contributed by atoms with Gasteiger partial charge < -0.3 is 10.9 Å². The van der Waals surface area contributed by atoms with Gasteiger partial charge in [0.05, 0.1) is 0 Å². The third-order valence-corrected chi connectivity index (χ3v) is 4.12. The van der Waals surface area contributed by atoms with Gasteiger partial charge in [-0.3, -0.25) is 0 Å². The molecule has 0 saturated carbocycles. The second kappa shape index (κ2) is 5.71. The van der Waals surface area contributed by atoms with Crippen LogP contribution in [-0.4, -0.2) is 26.0 Å². The lowest BCUT2D eigenvalue weighted by molar-refractivity contribution is 0.307. The number of halogens is 2. The van der Waals surface area contributed by atoms with Gasteiger partial charge in [-0.1, -0.05) is 19.0 Å². The average Bonchev–Trinajstić information content (AvgIpc) is 2.35. The van der Waals surface area contributed by atoms with E-state index in [4.69, 9.17) is 10.9 Å². The molecule has 1 aromatic carbocycles. The Balaban J connectivity index is 2.97. The van der Waals surface area contributed by atoms with Crippen LogP contribution in [0.1, 0.15) is 13.8 Å². The van der Waals surface area contributed by atoms with Gasteiger partial charge in [-0.2, -0.15) is 0 Å². The van der Waals surface area contributed by atoms with E-state index in [1.165, 1.54) is 13.8 Å². The number of hydrogen-bond acceptors (Lipinski definition) is 4. The van der Waals surface area contributed by atoms with Crippen LogP contribution in [0.3, 0.4) is 0 Å².